The maximum absolute atomic E-state index is 8.65. The lowest BCUT2D eigenvalue weighted by Gasteiger charge is -2.07. The molecule has 0 bridgehead atoms. The summed E-state index contributed by atoms with van der Waals surface area (Å²) in [6, 6.07) is 3.67. The highest BCUT2D eigenvalue weighted by Crippen LogP contribution is 2.13. The Labute approximate surface area is 112 Å². The smallest absolute Gasteiger partial charge is 0.213 e. The highest BCUT2D eigenvalue weighted by Gasteiger charge is 2.03. The fourth-order valence-corrected chi connectivity index (χ4v) is 1.64. The number of aliphatic hydroxyl groups excluding tert-OH is 1. The lowest BCUT2D eigenvalue weighted by Crippen LogP contribution is -2.04. The third kappa shape index (κ3) is 3.45. The molecular formula is C13H18N4O2. The Hall–Kier alpha value is -2.08. The third-order valence-corrected chi connectivity index (χ3v) is 2.90. The molecule has 0 atom stereocenters. The molecule has 2 heterocycles. The van der Waals surface area contributed by atoms with Crippen LogP contribution in [0.2, 0.25) is 0 Å². The van der Waals surface area contributed by atoms with Crippen molar-refractivity contribution in [3.63, 3.8) is 0 Å². The Morgan fingerprint density at radius 3 is 2.79 bits per heavy atom. The fourth-order valence-electron chi connectivity index (χ4n) is 1.64. The van der Waals surface area contributed by atoms with Gasteiger partial charge in [0.1, 0.15) is 6.61 Å². The van der Waals surface area contributed by atoms with E-state index in [4.69, 9.17) is 9.84 Å². The highest BCUT2D eigenvalue weighted by atomic mass is 16.5. The van der Waals surface area contributed by atoms with Gasteiger partial charge in [-0.1, -0.05) is 0 Å². The van der Waals surface area contributed by atoms with Crippen molar-refractivity contribution in [2.75, 3.05) is 18.5 Å². The van der Waals surface area contributed by atoms with Crippen LogP contribution < -0.4 is 10.1 Å². The first-order valence-corrected chi connectivity index (χ1v) is 6.11. The molecule has 0 aliphatic heterocycles. The van der Waals surface area contributed by atoms with Crippen LogP contribution >= 0.6 is 0 Å². The van der Waals surface area contributed by atoms with Crippen LogP contribution in [0.5, 0.6) is 5.88 Å². The minimum Gasteiger partial charge on any atom is -0.475 e. The molecule has 0 aromatic carbocycles. The van der Waals surface area contributed by atoms with Crippen LogP contribution in [0.3, 0.4) is 0 Å². The van der Waals surface area contributed by atoms with Crippen LogP contribution in [0.15, 0.2) is 24.5 Å². The van der Waals surface area contributed by atoms with Gasteiger partial charge in [0, 0.05) is 30.9 Å². The minimum atomic E-state index is -0.0119. The summed E-state index contributed by atoms with van der Waals surface area (Å²) in [7, 11) is 1.92. The Kier molecular flexibility index (Phi) is 4.35. The van der Waals surface area contributed by atoms with E-state index in [1.165, 1.54) is 0 Å². The first-order valence-electron chi connectivity index (χ1n) is 6.11. The number of ether oxygens (including phenoxy) is 1. The highest BCUT2D eigenvalue weighted by molar-refractivity contribution is 5.42. The van der Waals surface area contributed by atoms with Crippen molar-refractivity contribution in [1.82, 2.24) is 14.8 Å². The molecular weight excluding hydrogens is 244 g/mol. The number of nitrogens with one attached hydrogen (secondary N) is 1. The second kappa shape index (κ2) is 6.19. The Bertz CT molecular complexity index is 522. The largest absolute Gasteiger partial charge is 0.475 e. The van der Waals surface area contributed by atoms with Gasteiger partial charge in [-0.05, 0) is 13.0 Å². The van der Waals surface area contributed by atoms with Gasteiger partial charge in [0.25, 0.3) is 0 Å². The molecule has 2 aromatic heterocycles. The topological polar surface area (TPSA) is 72.2 Å². The van der Waals surface area contributed by atoms with Gasteiger partial charge in [0.2, 0.25) is 5.88 Å². The number of rotatable bonds is 6. The van der Waals surface area contributed by atoms with Crippen molar-refractivity contribution in [2.24, 2.45) is 7.05 Å². The maximum atomic E-state index is 8.65. The lowest BCUT2D eigenvalue weighted by molar-refractivity contribution is 0.196. The van der Waals surface area contributed by atoms with E-state index < -0.39 is 0 Å². The zero-order chi connectivity index (χ0) is 13.7. The SMILES string of the molecule is Cc1c(CNc2ccc(OCCO)nc2)cnn1C. The first-order chi connectivity index (χ1) is 9.20. The number of aromatic nitrogens is 3. The number of aliphatic hydroxyl groups is 1. The number of nitrogens with zero attached hydrogens (tertiary/aromatic N) is 3. The van der Waals surface area contributed by atoms with E-state index in [1.54, 1.807) is 12.3 Å². The summed E-state index contributed by atoms with van der Waals surface area (Å²) in [6.07, 6.45) is 3.56. The number of anilines is 1. The number of hydrogen-bond acceptors (Lipinski definition) is 5. The molecule has 19 heavy (non-hydrogen) atoms. The van der Waals surface area contributed by atoms with E-state index in [9.17, 15) is 0 Å². The lowest BCUT2D eigenvalue weighted by atomic mass is 10.2. The Morgan fingerprint density at radius 1 is 1.37 bits per heavy atom. The molecule has 0 radical (unpaired) electrons. The average Bonchev–Trinajstić information content (AvgIpc) is 2.75. The monoisotopic (exact) mass is 262 g/mol. The van der Waals surface area contributed by atoms with Crippen LogP contribution in [0.1, 0.15) is 11.3 Å². The molecule has 2 aromatic rings. The maximum Gasteiger partial charge on any atom is 0.213 e. The Morgan fingerprint density at radius 2 is 2.21 bits per heavy atom. The molecule has 0 amide bonds. The molecule has 0 saturated heterocycles. The van der Waals surface area contributed by atoms with Crippen LogP contribution in [0.25, 0.3) is 0 Å². The van der Waals surface area contributed by atoms with Crippen molar-refractivity contribution in [2.45, 2.75) is 13.5 Å². The first kappa shape index (κ1) is 13.4. The Balaban J connectivity index is 1.91. The van der Waals surface area contributed by atoms with E-state index in [-0.39, 0.29) is 13.2 Å². The summed E-state index contributed by atoms with van der Waals surface area (Å²) >= 11 is 0. The fraction of sp³-hybridized carbons (Fsp3) is 0.385. The van der Waals surface area contributed by atoms with E-state index >= 15 is 0 Å². The van der Waals surface area contributed by atoms with Gasteiger partial charge >= 0.3 is 0 Å². The van der Waals surface area contributed by atoms with Gasteiger partial charge < -0.3 is 15.2 Å². The summed E-state index contributed by atoms with van der Waals surface area (Å²) in [5.41, 5.74) is 3.21. The quantitative estimate of drug-likeness (QED) is 0.816. The van der Waals surface area contributed by atoms with E-state index in [1.807, 2.05) is 30.9 Å². The van der Waals surface area contributed by atoms with E-state index in [0.29, 0.717) is 12.4 Å². The molecule has 0 spiro atoms. The molecule has 2 N–H and O–H groups in total. The molecule has 6 heteroatoms. The van der Waals surface area contributed by atoms with Crippen LogP contribution in [-0.2, 0) is 13.6 Å². The summed E-state index contributed by atoms with van der Waals surface area (Å²) in [5, 5.41) is 16.1. The van der Waals surface area contributed by atoms with Crippen molar-refractivity contribution in [3.05, 3.63) is 35.8 Å². The van der Waals surface area contributed by atoms with Crippen molar-refractivity contribution in [3.8, 4) is 5.88 Å². The van der Waals surface area contributed by atoms with Crippen molar-refractivity contribution in [1.29, 1.82) is 0 Å². The van der Waals surface area contributed by atoms with Gasteiger partial charge in [-0.25, -0.2) is 4.98 Å². The van der Waals surface area contributed by atoms with Crippen LogP contribution in [0, 0.1) is 6.92 Å². The van der Waals surface area contributed by atoms with Crippen molar-refractivity contribution >= 4 is 5.69 Å². The number of pyridine rings is 1. The van der Waals surface area contributed by atoms with Gasteiger partial charge in [0.05, 0.1) is 24.7 Å². The second-order valence-electron chi connectivity index (χ2n) is 4.19. The van der Waals surface area contributed by atoms with E-state index in [2.05, 4.69) is 15.4 Å². The minimum absolute atomic E-state index is 0.0119. The second-order valence-corrected chi connectivity index (χ2v) is 4.19. The van der Waals surface area contributed by atoms with Gasteiger partial charge in [-0.2, -0.15) is 5.10 Å². The molecule has 0 fully saturated rings. The zero-order valence-corrected chi connectivity index (χ0v) is 11.1. The normalized spacial score (nSPS) is 10.5. The standard InChI is InChI=1S/C13H18N4O2/c1-10-11(8-16-17(10)2)7-14-12-3-4-13(15-9-12)19-6-5-18/h3-4,8-9,14,18H,5-7H2,1-2H3. The molecule has 0 unspecified atom stereocenters. The summed E-state index contributed by atoms with van der Waals surface area (Å²) in [6.45, 7) is 2.99. The van der Waals surface area contributed by atoms with Crippen LogP contribution in [-0.4, -0.2) is 33.1 Å². The zero-order valence-electron chi connectivity index (χ0n) is 11.1. The van der Waals surface area contributed by atoms with Crippen molar-refractivity contribution < 1.29 is 9.84 Å². The molecule has 6 nitrogen and oxygen atoms in total. The number of hydrogen-bond donors (Lipinski definition) is 2. The third-order valence-electron chi connectivity index (χ3n) is 2.90. The molecule has 2 rings (SSSR count). The van der Waals surface area contributed by atoms with Crippen LogP contribution in [0.4, 0.5) is 5.69 Å². The molecule has 0 saturated carbocycles. The number of aryl methyl sites for hydroxylation is 1. The van der Waals surface area contributed by atoms with E-state index in [0.717, 1.165) is 16.9 Å². The predicted octanol–water partition coefficient (Wildman–Crippen LogP) is 1.11. The summed E-state index contributed by atoms with van der Waals surface area (Å²) in [5.74, 6) is 0.511. The molecule has 102 valence electrons. The predicted molar refractivity (Wildman–Crippen MR) is 72.1 cm³/mol. The van der Waals surface area contributed by atoms with Gasteiger partial charge in [-0.15, -0.1) is 0 Å². The summed E-state index contributed by atoms with van der Waals surface area (Å²) < 4.78 is 7.04. The average molecular weight is 262 g/mol. The molecule has 0 aliphatic rings. The van der Waals surface area contributed by atoms with Gasteiger partial charge in [-0.3, -0.25) is 4.68 Å². The summed E-state index contributed by atoms with van der Waals surface area (Å²) in [4.78, 5) is 4.14. The van der Waals surface area contributed by atoms with Gasteiger partial charge in [0.15, 0.2) is 0 Å². The molecule has 0 aliphatic carbocycles.